The average molecular weight is 304 g/mol. The van der Waals surface area contributed by atoms with Crippen LogP contribution < -0.4 is 10.6 Å². The molecule has 0 bridgehead atoms. The second kappa shape index (κ2) is 6.72. The van der Waals surface area contributed by atoms with Crippen molar-refractivity contribution < 1.29 is 4.79 Å². The number of carbonyl (C=O) groups is 1. The van der Waals surface area contributed by atoms with Crippen LogP contribution in [0.4, 0.5) is 5.82 Å². The van der Waals surface area contributed by atoms with Gasteiger partial charge in [0, 0.05) is 24.9 Å². The van der Waals surface area contributed by atoms with Gasteiger partial charge in [0.15, 0.2) is 11.5 Å². The van der Waals surface area contributed by atoms with Gasteiger partial charge in [0.2, 0.25) is 5.91 Å². The predicted molar refractivity (Wildman–Crippen MR) is 85.9 cm³/mol. The number of nitrogens with one attached hydrogen (secondary N) is 2. The van der Waals surface area contributed by atoms with Gasteiger partial charge in [0.1, 0.15) is 5.82 Å². The van der Waals surface area contributed by atoms with Crippen molar-refractivity contribution in [2.45, 2.75) is 46.0 Å². The first kappa shape index (κ1) is 16.2. The average Bonchev–Trinajstić information content (AvgIpc) is 2.88. The van der Waals surface area contributed by atoms with Crippen molar-refractivity contribution in [3.05, 3.63) is 18.0 Å². The second-order valence-electron chi connectivity index (χ2n) is 6.29. The second-order valence-corrected chi connectivity index (χ2v) is 6.29. The Bertz CT molecular complexity index is 643. The molecule has 0 aliphatic heterocycles. The van der Waals surface area contributed by atoms with Gasteiger partial charge in [0.25, 0.3) is 0 Å². The molecule has 2 aromatic rings. The number of fused-ring (bicyclic) bond motifs is 1. The maximum absolute atomic E-state index is 11.6. The van der Waals surface area contributed by atoms with Gasteiger partial charge in [-0.3, -0.25) is 4.79 Å². The van der Waals surface area contributed by atoms with Crippen LogP contribution >= 0.6 is 0 Å². The number of anilines is 1. The molecule has 1 amide bonds. The Labute approximate surface area is 130 Å². The maximum Gasteiger partial charge on any atom is 0.221 e. The molecule has 2 aromatic heterocycles. The molecule has 0 aromatic carbocycles. The minimum Gasteiger partial charge on any atom is -0.368 e. The van der Waals surface area contributed by atoms with E-state index in [1.165, 1.54) is 0 Å². The number of hydrogen-bond acceptors (Lipinski definition) is 5. The maximum atomic E-state index is 11.6. The third kappa shape index (κ3) is 3.93. The highest BCUT2D eigenvalue weighted by Crippen LogP contribution is 2.20. The molecule has 2 rings (SSSR count). The molecule has 0 radical (unpaired) electrons. The highest BCUT2D eigenvalue weighted by atomic mass is 16.1. The molecule has 0 aliphatic rings. The van der Waals surface area contributed by atoms with E-state index in [-0.39, 0.29) is 11.3 Å². The summed E-state index contributed by atoms with van der Waals surface area (Å²) in [6.07, 6.45) is 1.37. The Morgan fingerprint density at radius 1 is 1.23 bits per heavy atom. The van der Waals surface area contributed by atoms with Gasteiger partial charge in [-0.1, -0.05) is 27.7 Å². The van der Waals surface area contributed by atoms with Crippen LogP contribution in [0.25, 0.3) is 5.65 Å². The molecule has 0 spiro atoms. The van der Waals surface area contributed by atoms with Gasteiger partial charge in [-0.2, -0.15) is 4.52 Å². The van der Waals surface area contributed by atoms with E-state index in [1.54, 1.807) is 4.52 Å². The van der Waals surface area contributed by atoms with Gasteiger partial charge < -0.3 is 10.6 Å². The van der Waals surface area contributed by atoms with Crippen LogP contribution in [0.1, 0.15) is 46.4 Å². The van der Waals surface area contributed by atoms with E-state index < -0.39 is 0 Å². The molecule has 0 atom stereocenters. The van der Waals surface area contributed by atoms with Crippen LogP contribution in [-0.2, 0) is 10.2 Å². The van der Waals surface area contributed by atoms with Crippen molar-refractivity contribution in [3.63, 3.8) is 0 Å². The lowest BCUT2D eigenvalue weighted by Crippen LogP contribution is -2.26. The van der Waals surface area contributed by atoms with Crippen molar-refractivity contribution in [3.8, 4) is 0 Å². The van der Waals surface area contributed by atoms with Gasteiger partial charge in [0.05, 0.1) is 0 Å². The van der Waals surface area contributed by atoms with Crippen LogP contribution in [-0.4, -0.2) is 38.8 Å². The summed E-state index contributed by atoms with van der Waals surface area (Å²) < 4.78 is 1.75. The summed E-state index contributed by atoms with van der Waals surface area (Å²) in [5.74, 6) is 1.57. The van der Waals surface area contributed by atoms with Crippen molar-refractivity contribution >= 4 is 17.4 Å². The number of rotatable bonds is 6. The molecular formula is C15H24N6O. The summed E-state index contributed by atoms with van der Waals surface area (Å²) in [6, 6.07) is 3.72. The first-order valence-corrected chi connectivity index (χ1v) is 7.65. The normalized spacial score (nSPS) is 11.6. The van der Waals surface area contributed by atoms with Crippen LogP contribution in [0, 0.1) is 0 Å². The quantitative estimate of drug-likeness (QED) is 0.849. The molecule has 2 heterocycles. The Morgan fingerprint density at radius 2 is 2.00 bits per heavy atom. The molecule has 0 unspecified atom stereocenters. The molecule has 2 N–H and O–H groups in total. The molecular weight excluding hydrogens is 280 g/mol. The van der Waals surface area contributed by atoms with Crippen LogP contribution in [0.3, 0.4) is 0 Å². The molecule has 0 fully saturated rings. The monoisotopic (exact) mass is 304 g/mol. The minimum atomic E-state index is -0.134. The third-order valence-corrected chi connectivity index (χ3v) is 3.16. The zero-order chi connectivity index (χ0) is 16.2. The van der Waals surface area contributed by atoms with E-state index in [0.717, 1.165) is 24.4 Å². The predicted octanol–water partition coefficient (Wildman–Crippen LogP) is 1.75. The Morgan fingerprint density at radius 3 is 2.68 bits per heavy atom. The lowest BCUT2D eigenvalue weighted by Gasteiger charge is -2.15. The highest BCUT2D eigenvalue weighted by molar-refractivity contribution is 5.76. The number of amides is 1. The molecule has 0 saturated heterocycles. The van der Waals surface area contributed by atoms with E-state index in [9.17, 15) is 4.79 Å². The molecule has 22 heavy (non-hydrogen) atoms. The third-order valence-electron chi connectivity index (χ3n) is 3.16. The fourth-order valence-corrected chi connectivity index (χ4v) is 2.01. The van der Waals surface area contributed by atoms with E-state index in [4.69, 9.17) is 0 Å². The molecule has 0 aliphatic carbocycles. The smallest absolute Gasteiger partial charge is 0.221 e. The lowest BCUT2D eigenvalue weighted by atomic mass is 9.96. The van der Waals surface area contributed by atoms with Crippen LogP contribution in [0.5, 0.6) is 0 Å². The van der Waals surface area contributed by atoms with Crippen LogP contribution in [0.2, 0.25) is 0 Å². The fourth-order valence-electron chi connectivity index (χ4n) is 2.01. The van der Waals surface area contributed by atoms with Gasteiger partial charge >= 0.3 is 0 Å². The molecule has 7 heteroatoms. The Balaban J connectivity index is 2.02. The summed E-state index contributed by atoms with van der Waals surface area (Å²) in [5.41, 5.74) is 0.585. The summed E-state index contributed by atoms with van der Waals surface area (Å²) in [4.78, 5) is 11.6. The van der Waals surface area contributed by atoms with E-state index >= 15 is 0 Å². The van der Waals surface area contributed by atoms with E-state index in [0.29, 0.717) is 18.8 Å². The fraction of sp³-hybridized carbons (Fsp3) is 0.600. The zero-order valence-corrected chi connectivity index (χ0v) is 13.7. The summed E-state index contributed by atoms with van der Waals surface area (Å²) in [5, 5.41) is 18.9. The number of carbonyl (C=O) groups excluding carboxylic acids is 1. The number of aromatic nitrogens is 4. The van der Waals surface area contributed by atoms with Gasteiger partial charge in [-0.05, 0) is 18.6 Å². The van der Waals surface area contributed by atoms with Crippen molar-refractivity contribution in [2.75, 3.05) is 18.4 Å². The highest BCUT2D eigenvalue weighted by Gasteiger charge is 2.21. The first-order valence-electron chi connectivity index (χ1n) is 7.65. The Kier molecular flexibility index (Phi) is 4.95. The van der Waals surface area contributed by atoms with Crippen molar-refractivity contribution in [2.24, 2.45) is 0 Å². The summed E-state index contributed by atoms with van der Waals surface area (Å²) in [6.45, 7) is 9.51. The number of hydrogen-bond donors (Lipinski definition) is 2. The SMILES string of the molecule is CCCNC(=O)CCNc1ccc2nnc(C(C)(C)C)n2n1. The molecule has 120 valence electrons. The van der Waals surface area contributed by atoms with E-state index in [1.807, 2.05) is 19.1 Å². The van der Waals surface area contributed by atoms with E-state index in [2.05, 4.69) is 46.7 Å². The lowest BCUT2D eigenvalue weighted by molar-refractivity contribution is -0.120. The van der Waals surface area contributed by atoms with Crippen molar-refractivity contribution in [1.29, 1.82) is 0 Å². The zero-order valence-electron chi connectivity index (χ0n) is 13.7. The topological polar surface area (TPSA) is 84.2 Å². The standard InChI is InChI=1S/C15H24N6O/c1-5-9-17-13(22)8-10-16-11-6-7-12-18-19-14(15(2,3)4)21(12)20-11/h6-7H,5,8-10H2,1-4H3,(H,16,20)(H,17,22). The summed E-state index contributed by atoms with van der Waals surface area (Å²) >= 11 is 0. The largest absolute Gasteiger partial charge is 0.368 e. The molecule has 0 saturated carbocycles. The van der Waals surface area contributed by atoms with Crippen LogP contribution in [0.15, 0.2) is 12.1 Å². The van der Waals surface area contributed by atoms with Crippen molar-refractivity contribution in [1.82, 2.24) is 25.1 Å². The molecule has 7 nitrogen and oxygen atoms in total. The summed E-state index contributed by atoms with van der Waals surface area (Å²) in [7, 11) is 0. The Hall–Kier alpha value is -2.18. The van der Waals surface area contributed by atoms with Gasteiger partial charge in [-0.15, -0.1) is 15.3 Å². The van der Waals surface area contributed by atoms with Gasteiger partial charge in [-0.25, -0.2) is 0 Å². The first-order chi connectivity index (χ1) is 10.4. The number of nitrogens with zero attached hydrogens (tertiary/aromatic N) is 4. The minimum absolute atomic E-state index is 0.0510.